The molecule has 2 N–H and O–H groups in total. The molecule has 106 valence electrons. The van der Waals surface area contributed by atoms with Crippen LogP contribution in [0.5, 0.6) is 5.75 Å². The standard InChI is InChI=1S/C14H16N2O4/c1-9(15-14(18)12-7-8-20-16-12)13(17)10-3-5-11(19-2)6-4-10/h3-9,13,17H,1-2H3,(H,15,18). The van der Waals surface area contributed by atoms with Gasteiger partial charge in [-0.2, -0.15) is 0 Å². The number of amides is 1. The molecule has 1 aromatic carbocycles. The summed E-state index contributed by atoms with van der Waals surface area (Å²) in [6.45, 7) is 1.72. The van der Waals surface area contributed by atoms with Gasteiger partial charge in [0.25, 0.3) is 5.91 Å². The number of carbonyl (C=O) groups is 1. The third-order valence-electron chi connectivity index (χ3n) is 2.96. The zero-order valence-electron chi connectivity index (χ0n) is 11.2. The van der Waals surface area contributed by atoms with E-state index in [4.69, 9.17) is 4.74 Å². The normalized spacial score (nSPS) is 13.6. The Morgan fingerprint density at radius 2 is 2.05 bits per heavy atom. The molecule has 0 spiro atoms. The number of benzene rings is 1. The van der Waals surface area contributed by atoms with E-state index in [1.165, 1.54) is 12.3 Å². The number of methoxy groups -OCH3 is 1. The van der Waals surface area contributed by atoms with Crippen molar-refractivity contribution in [3.63, 3.8) is 0 Å². The lowest BCUT2D eigenvalue weighted by Gasteiger charge is -2.20. The average Bonchev–Trinajstić information content (AvgIpc) is 3.01. The largest absolute Gasteiger partial charge is 0.497 e. The number of aliphatic hydroxyl groups is 1. The second kappa shape index (κ2) is 6.21. The van der Waals surface area contributed by atoms with Crippen LogP contribution in [0.25, 0.3) is 0 Å². The molecule has 6 heteroatoms. The average molecular weight is 276 g/mol. The van der Waals surface area contributed by atoms with Gasteiger partial charge in [0.1, 0.15) is 12.0 Å². The third kappa shape index (κ3) is 3.16. The highest BCUT2D eigenvalue weighted by Gasteiger charge is 2.20. The van der Waals surface area contributed by atoms with E-state index in [1.807, 2.05) is 0 Å². The molecule has 20 heavy (non-hydrogen) atoms. The van der Waals surface area contributed by atoms with E-state index in [9.17, 15) is 9.90 Å². The predicted octanol–water partition coefficient (Wildman–Crippen LogP) is 1.54. The van der Waals surface area contributed by atoms with Crippen molar-refractivity contribution >= 4 is 5.91 Å². The minimum Gasteiger partial charge on any atom is -0.497 e. The molecule has 1 heterocycles. The number of aromatic nitrogens is 1. The molecule has 6 nitrogen and oxygen atoms in total. The van der Waals surface area contributed by atoms with Crippen LogP contribution >= 0.6 is 0 Å². The Hall–Kier alpha value is -2.34. The number of rotatable bonds is 5. The molecule has 2 atom stereocenters. The van der Waals surface area contributed by atoms with Gasteiger partial charge in [-0.25, -0.2) is 0 Å². The summed E-state index contributed by atoms with van der Waals surface area (Å²) < 4.78 is 9.65. The number of aliphatic hydroxyl groups excluding tert-OH is 1. The number of nitrogens with one attached hydrogen (secondary N) is 1. The Morgan fingerprint density at radius 3 is 2.60 bits per heavy atom. The maximum atomic E-state index is 11.8. The molecule has 0 aliphatic rings. The van der Waals surface area contributed by atoms with Gasteiger partial charge in [0.2, 0.25) is 0 Å². The van der Waals surface area contributed by atoms with Crippen LogP contribution in [0.4, 0.5) is 0 Å². The number of ether oxygens (including phenoxy) is 1. The van der Waals surface area contributed by atoms with Crippen molar-refractivity contribution < 1.29 is 19.2 Å². The lowest BCUT2D eigenvalue weighted by atomic mass is 10.0. The molecule has 1 amide bonds. The Kier molecular flexibility index (Phi) is 4.37. The Balaban J connectivity index is 2.00. The first-order valence-electron chi connectivity index (χ1n) is 6.15. The van der Waals surface area contributed by atoms with Crippen molar-refractivity contribution in [2.24, 2.45) is 0 Å². The van der Waals surface area contributed by atoms with E-state index in [1.54, 1.807) is 38.3 Å². The van der Waals surface area contributed by atoms with Crippen molar-refractivity contribution in [3.8, 4) is 5.75 Å². The molecule has 0 radical (unpaired) electrons. The number of hydrogen-bond acceptors (Lipinski definition) is 5. The van der Waals surface area contributed by atoms with Gasteiger partial charge >= 0.3 is 0 Å². The lowest BCUT2D eigenvalue weighted by Crippen LogP contribution is -2.37. The molecule has 0 aliphatic heterocycles. The van der Waals surface area contributed by atoms with Crippen molar-refractivity contribution in [1.82, 2.24) is 10.5 Å². The van der Waals surface area contributed by atoms with Crippen LogP contribution in [0.15, 0.2) is 41.1 Å². The van der Waals surface area contributed by atoms with Crippen LogP contribution in [0.1, 0.15) is 29.1 Å². The topological polar surface area (TPSA) is 84.6 Å². The summed E-state index contributed by atoms with van der Waals surface area (Å²) in [5, 5.41) is 16.4. The summed E-state index contributed by atoms with van der Waals surface area (Å²) in [4.78, 5) is 11.8. The van der Waals surface area contributed by atoms with Gasteiger partial charge < -0.3 is 19.7 Å². The quantitative estimate of drug-likeness (QED) is 0.865. The second-order valence-corrected chi connectivity index (χ2v) is 4.36. The van der Waals surface area contributed by atoms with Gasteiger partial charge in [-0.3, -0.25) is 4.79 Å². The molecule has 0 fully saturated rings. The molecular formula is C14H16N2O4. The maximum absolute atomic E-state index is 11.8. The summed E-state index contributed by atoms with van der Waals surface area (Å²) >= 11 is 0. The minimum absolute atomic E-state index is 0.179. The Bertz CT molecular complexity index is 551. The number of nitrogens with zero attached hydrogens (tertiary/aromatic N) is 1. The summed E-state index contributed by atoms with van der Waals surface area (Å²) in [6.07, 6.45) is 0.496. The molecule has 0 aliphatic carbocycles. The highest BCUT2D eigenvalue weighted by atomic mass is 16.5. The fourth-order valence-corrected chi connectivity index (χ4v) is 1.78. The molecule has 1 aromatic heterocycles. The maximum Gasteiger partial charge on any atom is 0.273 e. The van der Waals surface area contributed by atoms with Gasteiger partial charge in [0.15, 0.2) is 5.69 Å². The highest BCUT2D eigenvalue weighted by Crippen LogP contribution is 2.20. The number of hydrogen-bond donors (Lipinski definition) is 2. The Morgan fingerprint density at radius 1 is 1.35 bits per heavy atom. The minimum atomic E-state index is -0.822. The van der Waals surface area contributed by atoms with Crippen molar-refractivity contribution in [1.29, 1.82) is 0 Å². The van der Waals surface area contributed by atoms with Gasteiger partial charge in [-0.05, 0) is 24.6 Å². The van der Waals surface area contributed by atoms with Crippen LogP contribution in [-0.4, -0.2) is 29.3 Å². The zero-order valence-corrected chi connectivity index (χ0v) is 11.2. The smallest absolute Gasteiger partial charge is 0.273 e. The number of carbonyl (C=O) groups excluding carboxylic acids is 1. The van der Waals surface area contributed by atoms with Crippen molar-refractivity contribution in [2.45, 2.75) is 19.1 Å². The van der Waals surface area contributed by atoms with Gasteiger partial charge in [0.05, 0.1) is 19.3 Å². The van der Waals surface area contributed by atoms with E-state index in [2.05, 4.69) is 15.0 Å². The monoisotopic (exact) mass is 276 g/mol. The molecule has 2 aromatic rings. The summed E-state index contributed by atoms with van der Waals surface area (Å²) in [5.41, 5.74) is 0.873. The first kappa shape index (κ1) is 14.1. The SMILES string of the molecule is COc1ccc(C(O)C(C)NC(=O)c2ccon2)cc1. The van der Waals surface area contributed by atoms with Crippen LogP contribution in [-0.2, 0) is 0 Å². The first-order chi connectivity index (χ1) is 9.61. The van der Waals surface area contributed by atoms with Crippen LogP contribution in [0.2, 0.25) is 0 Å². The fraction of sp³-hybridized carbons (Fsp3) is 0.286. The first-order valence-corrected chi connectivity index (χ1v) is 6.15. The highest BCUT2D eigenvalue weighted by molar-refractivity contribution is 5.92. The molecular weight excluding hydrogens is 260 g/mol. The van der Waals surface area contributed by atoms with E-state index in [0.29, 0.717) is 11.3 Å². The fourth-order valence-electron chi connectivity index (χ4n) is 1.78. The predicted molar refractivity (Wildman–Crippen MR) is 71.4 cm³/mol. The van der Waals surface area contributed by atoms with E-state index < -0.39 is 12.1 Å². The van der Waals surface area contributed by atoms with Crippen molar-refractivity contribution in [2.75, 3.05) is 7.11 Å². The third-order valence-corrected chi connectivity index (χ3v) is 2.96. The molecule has 0 saturated carbocycles. The van der Waals surface area contributed by atoms with Gasteiger partial charge in [0, 0.05) is 6.07 Å². The Labute approximate surface area is 116 Å². The molecule has 0 saturated heterocycles. The van der Waals surface area contributed by atoms with Crippen LogP contribution in [0.3, 0.4) is 0 Å². The van der Waals surface area contributed by atoms with E-state index >= 15 is 0 Å². The van der Waals surface area contributed by atoms with Crippen molar-refractivity contribution in [3.05, 3.63) is 47.9 Å². The molecule has 2 rings (SSSR count). The van der Waals surface area contributed by atoms with Gasteiger partial charge in [-0.15, -0.1) is 0 Å². The summed E-state index contributed by atoms with van der Waals surface area (Å²) in [6, 6.07) is 8.01. The van der Waals surface area contributed by atoms with E-state index in [0.717, 1.165) is 0 Å². The lowest BCUT2D eigenvalue weighted by molar-refractivity contribution is 0.0843. The summed E-state index contributed by atoms with van der Waals surface area (Å²) in [7, 11) is 1.58. The second-order valence-electron chi connectivity index (χ2n) is 4.36. The molecule has 2 unspecified atom stereocenters. The zero-order chi connectivity index (χ0) is 14.5. The van der Waals surface area contributed by atoms with Crippen LogP contribution in [0, 0.1) is 0 Å². The molecule has 0 bridgehead atoms. The van der Waals surface area contributed by atoms with Gasteiger partial charge in [-0.1, -0.05) is 17.3 Å². The van der Waals surface area contributed by atoms with Crippen LogP contribution < -0.4 is 10.1 Å². The van der Waals surface area contributed by atoms with E-state index in [-0.39, 0.29) is 11.6 Å². The summed E-state index contributed by atoms with van der Waals surface area (Å²) in [5.74, 6) is 0.319.